The summed E-state index contributed by atoms with van der Waals surface area (Å²) < 4.78 is 4.88. The molecule has 3 aromatic rings. The summed E-state index contributed by atoms with van der Waals surface area (Å²) in [6.07, 6.45) is 0. The van der Waals surface area contributed by atoms with Crippen molar-refractivity contribution in [1.82, 2.24) is 15.0 Å². The average molecular weight is 403 g/mol. The molecule has 0 aromatic carbocycles. The minimum absolute atomic E-state index is 0.488. The van der Waals surface area contributed by atoms with Gasteiger partial charge in [0.2, 0.25) is 5.88 Å². The lowest BCUT2D eigenvalue weighted by Gasteiger charge is -2.00. The summed E-state index contributed by atoms with van der Waals surface area (Å²) in [7, 11) is 1.58. The number of hydrogen-bond acceptors (Lipinski definition) is 7. The minimum Gasteiger partial charge on any atom is -0.481 e. The van der Waals surface area contributed by atoms with Crippen LogP contribution in [0.15, 0.2) is 36.4 Å². The van der Waals surface area contributed by atoms with Gasteiger partial charge in [-0.2, -0.15) is 0 Å². The van der Waals surface area contributed by atoms with Crippen molar-refractivity contribution in [3.63, 3.8) is 0 Å². The molecular formula is C20H27ClN6O. The highest BCUT2D eigenvalue weighted by Gasteiger charge is 1.96. The second-order valence-electron chi connectivity index (χ2n) is 5.96. The fraction of sp³-hybridized carbons (Fsp3) is 0.250. The van der Waals surface area contributed by atoms with Crippen LogP contribution in [0.4, 0.5) is 17.1 Å². The van der Waals surface area contributed by atoms with Crippen molar-refractivity contribution in [3.05, 3.63) is 64.3 Å². The van der Waals surface area contributed by atoms with E-state index in [1.54, 1.807) is 31.4 Å². The van der Waals surface area contributed by atoms with Gasteiger partial charge in [-0.15, -0.1) is 0 Å². The number of pyridine rings is 3. The number of rotatable bonds is 1. The van der Waals surface area contributed by atoms with Gasteiger partial charge >= 0.3 is 0 Å². The van der Waals surface area contributed by atoms with Gasteiger partial charge in [0.15, 0.2) is 0 Å². The van der Waals surface area contributed by atoms with Gasteiger partial charge in [-0.3, -0.25) is 4.98 Å². The SMILES string of the molecule is COc1ccc(N)c(C)n1.Cc1ccc(N)c(C)n1.Cc1nc(Cl)ccc1N. The van der Waals surface area contributed by atoms with E-state index in [0.29, 0.717) is 22.4 Å². The van der Waals surface area contributed by atoms with Crippen LogP contribution in [0.2, 0.25) is 5.15 Å². The van der Waals surface area contributed by atoms with Crippen LogP contribution in [0.5, 0.6) is 5.88 Å². The summed E-state index contributed by atoms with van der Waals surface area (Å²) in [6.45, 7) is 7.52. The van der Waals surface area contributed by atoms with E-state index in [1.165, 1.54) is 0 Å². The first kappa shape index (κ1) is 23.0. The van der Waals surface area contributed by atoms with Crippen LogP contribution in [0, 0.1) is 27.7 Å². The molecule has 0 aliphatic carbocycles. The fourth-order valence-corrected chi connectivity index (χ4v) is 2.09. The van der Waals surface area contributed by atoms with Crippen molar-refractivity contribution in [3.8, 4) is 5.88 Å². The van der Waals surface area contributed by atoms with Gasteiger partial charge in [0, 0.05) is 11.8 Å². The van der Waals surface area contributed by atoms with Crippen LogP contribution < -0.4 is 21.9 Å². The van der Waals surface area contributed by atoms with E-state index in [-0.39, 0.29) is 0 Å². The van der Waals surface area contributed by atoms with Crippen LogP contribution in [-0.2, 0) is 0 Å². The van der Waals surface area contributed by atoms with Crippen LogP contribution in [0.25, 0.3) is 0 Å². The highest BCUT2D eigenvalue weighted by molar-refractivity contribution is 6.29. The number of ether oxygens (including phenoxy) is 1. The highest BCUT2D eigenvalue weighted by atomic mass is 35.5. The standard InChI is InChI=1S/C7H10N2O.C7H10N2.C6H7ClN2/c1-5-6(8)3-4-7(9-5)10-2;1-5-3-4-7(8)6(2)9-5;1-4-5(8)2-3-6(7)9-4/h3-4H,8H2,1-2H3;3-4H,8H2,1-2H3;2-3H,8H2,1H3. The summed E-state index contributed by atoms with van der Waals surface area (Å²) in [4.78, 5) is 12.1. The Morgan fingerprint density at radius 1 is 0.679 bits per heavy atom. The Bertz CT molecular complexity index is 868. The molecule has 0 saturated carbocycles. The van der Waals surface area contributed by atoms with Crippen LogP contribution in [-0.4, -0.2) is 22.1 Å². The van der Waals surface area contributed by atoms with Crippen molar-refractivity contribution in [2.45, 2.75) is 27.7 Å². The second-order valence-corrected chi connectivity index (χ2v) is 6.35. The van der Waals surface area contributed by atoms with Crippen molar-refractivity contribution < 1.29 is 4.74 Å². The molecule has 0 fully saturated rings. The number of nitrogens with two attached hydrogens (primary N) is 3. The zero-order valence-corrected chi connectivity index (χ0v) is 17.6. The molecule has 3 aromatic heterocycles. The Balaban J connectivity index is 0.000000210. The molecule has 0 spiro atoms. The largest absolute Gasteiger partial charge is 0.481 e. The van der Waals surface area contributed by atoms with Gasteiger partial charge in [-0.25, -0.2) is 9.97 Å². The minimum atomic E-state index is 0.488. The maximum absolute atomic E-state index is 5.55. The van der Waals surface area contributed by atoms with Gasteiger partial charge in [0.25, 0.3) is 0 Å². The maximum Gasteiger partial charge on any atom is 0.213 e. The van der Waals surface area contributed by atoms with E-state index in [2.05, 4.69) is 15.0 Å². The number of aryl methyl sites for hydroxylation is 4. The predicted molar refractivity (Wildman–Crippen MR) is 116 cm³/mol. The molecule has 0 radical (unpaired) electrons. The summed E-state index contributed by atoms with van der Waals surface area (Å²) in [5.41, 5.74) is 22.2. The van der Waals surface area contributed by atoms with Gasteiger partial charge in [-0.05, 0) is 58.0 Å². The number of methoxy groups -OCH3 is 1. The third kappa shape index (κ3) is 7.67. The lowest BCUT2D eigenvalue weighted by Crippen LogP contribution is -1.94. The molecule has 7 nitrogen and oxygen atoms in total. The summed E-state index contributed by atoms with van der Waals surface area (Å²) in [6, 6.07) is 10.7. The summed E-state index contributed by atoms with van der Waals surface area (Å²) >= 11 is 5.55. The molecule has 150 valence electrons. The number of nitrogens with zero attached hydrogens (tertiary/aromatic N) is 3. The van der Waals surface area contributed by atoms with Crippen LogP contribution in [0.3, 0.4) is 0 Å². The molecule has 0 amide bonds. The molecule has 3 rings (SSSR count). The van der Waals surface area contributed by atoms with Crippen molar-refractivity contribution in [1.29, 1.82) is 0 Å². The van der Waals surface area contributed by atoms with E-state index >= 15 is 0 Å². The molecule has 0 atom stereocenters. The number of aromatic nitrogens is 3. The lowest BCUT2D eigenvalue weighted by atomic mass is 10.3. The molecule has 8 heteroatoms. The Labute approximate surface area is 170 Å². The topological polar surface area (TPSA) is 126 Å². The summed E-state index contributed by atoms with van der Waals surface area (Å²) in [5, 5.41) is 0.488. The number of halogens is 1. The zero-order valence-electron chi connectivity index (χ0n) is 16.8. The highest BCUT2D eigenvalue weighted by Crippen LogP contribution is 2.12. The molecule has 0 aliphatic heterocycles. The smallest absolute Gasteiger partial charge is 0.213 e. The van der Waals surface area contributed by atoms with Crippen molar-refractivity contribution >= 4 is 28.7 Å². The van der Waals surface area contributed by atoms with Gasteiger partial charge in [-0.1, -0.05) is 11.6 Å². The summed E-state index contributed by atoms with van der Waals surface area (Å²) in [5.74, 6) is 0.603. The molecule has 0 unspecified atom stereocenters. The van der Waals surface area contributed by atoms with Crippen molar-refractivity contribution in [2.24, 2.45) is 0 Å². The average Bonchev–Trinajstić information content (AvgIpc) is 2.65. The lowest BCUT2D eigenvalue weighted by molar-refractivity contribution is 0.397. The number of nitrogen functional groups attached to an aromatic ring is 3. The van der Waals surface area contributed by atoms with E-state index in [0.717, 1.165) is 28.5 Å². The maximum atomic E-state index is 5.55. The molecule has 0 saturated heterocycles. The van der Waals surface area contributed by atoms with E-state index in [1.807, 2.05) is 39.8 Å². The third-order valence-corrected chi connectivity index (χ3v) is 3.88. The van der Waals surface area contributed by atoms with E-state index in [9.17, 15) is 0 Å². The molecular weight excluding hydrogens is 376 g/mol. The number of anilines is 3. The molecule has 3 heterocycles. The predicted octanol–water partition coefficient (Wildman–Crippen LogP) is 3.89. The van der Waals surface area contributed by atoms with E-state index in [4.69, 9.17) is 33.5 Å². The van der Waals surface area contributed by atoms with Gasteiger partial charge < -0.3 is 21.9 Å². The van der Waals surface area contributed by atoms with Gasteiger partial charge in [0.05, 0.1) is 41.3 Å². The van der Waals surface area contributed by atoms with E-state index < -0.39 is 0 Å². The molecule has 0 aliphatic rings. The first-order valence-corrected chi connectivity index (χ1v) is 8.87. The van der Waals surface area contributed by atoms with Crippen LogP contribution >= 0.6 is 11.6 Å². The first-order valence-electron chi connectivity index (χ1n) is 8.49. The van der Waals surface area contributed by atoms with Crippen LogP contribution in [0.1, 0.15) is 22.8 Å². The Hall–Kier alpha value is -3.06. The Kier molecular flexibility index (Phi) is 8.98. The quantitative estimate of drug-likeness (QED) is 0.527. The first-order chi connectivity index (χ1) is 13.1. The monoisotopic (exact) mass is 402 g/mol. The fourth-order valence-electron chi connectivity index (χ4n) is 1.90. The molecule has 6 N–H and O–H groups in total. The zero-order chi connectivity index (χ0) is 21.3. The molecule has 0 bridgehead atoms. The Morgan fingerprint density at radius 2 is 1.14 bits per heavy atom. The second kappa shape index (κ2) is 10.9. The molecule has 28 heavy (non-hydrogen) atoms. The third-order valence-electron chi connectivity index (χ3n) is 3.67. The number of hydrogen-bond donors (Lipinski definition) is 3. The normalized spacial score (nSPS) is 9.50. The Morgan fingerprint density at radius 3 is 1.54 bits per heavy atom. The van der Waals surface area contributed by atoms with Crippen molar-refractivity contribution in [2.75, 3.05) is 24.3 Å². The van der Waals surface area contributed by atoms with Gasteiger partial charge in [0.1, 0.15) is 5.15 Å².